The molecule has 9 nitrogen and oxygen atoms in total. The number of nitro benzene ring substituents is 1. The highest BCUT2D eigenvalue weighted by Gasteiger charge is 2.29. The third-order valence-electron chi connectivity index (χ3n) is 5.24. The van der Waals surface area contributed by atoms with Crippen LogP contribution in [-0.2, 0) is 16.7 Å². The number of hydrogen-bond acceptors (Lipinski definition) is 7. The number of allylic oxidation sites excluding steroid dienone is 2. The van der Waals surface area contributed by atoms with Crippen LogP contribution in [0.5, 0.6) is 5.88 Å². The van der Waals surface area contributed by atoms with Crippen LogP contribution in [0.4, 0.5) is 5.69 Å². The van der Waals surface area contributed by atoms with Crippen LogP contribution in [0.3, 0.4) is 0 Å². The Hall–Kier alpha value is -3.01. The zero-order chi connectivity index (χ0) is 25.1. The average molecular weight is 478 g/mol. The van der Waals surface area contributed by atoms with Crippen LogP contribution in [0.25, 0.3) is 5.57 Å². The fraction of sp³-hybridized carbons (Fsp3) is 0.478. The van der Waals surface area contributed by atoms with Crippen LogP contribution in [0.2, 0.25) is 0 Å². The van der Waals surface area contributed by atoms with Crippen LogP contribution < -0.4 is 4.18 Å². The van der Waals surface area contributed by atoms with Crippen LogP contribution in [0.1, 0.15) is 75.0 Å². The van der Waals surface area contributed by atoms with Crippen molar-refractivity contribution < 1.29 is 22.3 Å². The molecule has 10 heteroatoms. The Labute approximate surface area is 194 Å². The molecule has 2 aromatic rings. The van der Waals surface area contributed by atoms with Gasteiger partial charge in [0.2, 0.25) is 5.88 Å². The zero-order valence-corrected chi connectivity index (χ0v) is 20.9. The van der Waals surface area contributed by atoms with Gasteiger partial charge in [-0.25, -0.2) is 4.68 Å². The fourth-order valence-electron chi connectivity index (χ4n) is 3.47. The van der Waals surface area contributed by atoms with Gasteiger partial charge in [0.05, 0.1) is 22.4 Å². The summed E-state index contributed by atoms with van der Waals surface area (Å²) < 4.78 is 31.5. The highest BCUT2D eigenvalue weighted by atomic mass is 32.2. The number of carbonyl (C=O) groups excluding carboxylic acids is 1. The molecular weight excluding hydrogens is 446 g/mol. The summed E-state index contributed by atoms with van der Waals surface area (Å²) >= 11 is 0. The van der Waals surface area contributed by atoms with Crippen molar-refractivity contribution in [1.82, 2.24) is 9.78 Å². The van der Waals surface area contributed by atoms with E-state index in [9.17, 15) is 23.3 Å². The molecule has 1 heterocycles. The lowest BCUT2D eigenvalue weighted by atomic mass is 9.90. The van der Waals surface area contributed by atoms with Crippen molar-refractivity contribution in [2.45, 2.75) is 61.4 Å². The Morgan fingerprint density at radius 1 is 1.21 bits per heavy atom. The maximum absolute atomic E-state index is 13.5. The Morgan fingerprint density at radius 3 is 2.36 bits per heavy atom. The van der Waals surface area contributed by atoms with E-state index in [2.05, 4.69) is 5.10 Å². The molecule has 0 aliphatic heterocycles. The number of nitro groups is 1. The second-order valence-electron chi connectivity index (χ2n) is 8.63. The van der Waals surface area contributed by atoms with Crippen LogP contribution in [0, 0.1) is 23.0 Å². The highest BCUT2D eigenvalue weighted by Crippen LogP contribution is 2.35. The van der Waals surface area contributed by atoms with E-state index < -0.39 is 20.8 Å². The lowest BCUT2D eigenvalue weighted by Crippen LogP contribution is -2.19. The van der Waals surface area contributed by atoms with Crippen LogP contribution in [0.15, 0.2) is 23.9 Å². The summed E-state index contributed by atoms with van der Waals surface area (Å²) in [5, 5.41) is 15.8. The zero-order valence-electron chi connectivity index (χ0n) is 20.1. The third kappa shape index (κ3) is 5.87. The van der Waals surface area contributed by atoms with Crippen LogP contribution >= 0.6 is 0 Å². The average Bonchev–Trinajstić information content (AvgIpc) is 3.07. The van der Waals surface area contributed by atoms with Gasteiger partial charge in [-0.15, -0.1) is 0 Å². The normalized spacial score (nSPS) is 11.5. The number of nitrogens with zero attached hydrogens (tertiary/aromatic N) is 3. The van der Waals surface area contributed by atoms with Crippen molar-refractivity contribution in [1.29, 1.82) is 0 Å². The fourth-order valence-corrected chi connectivity index (χ4v) is 4.47. The molecular formula is C23H31N3O6S. The highest BCUT2D eigenvalue weighted by molar-refractivity contribution is 7.87. The quantitative estimate of drug-likeness (QED) is 0.206. The number of hydrogen-bond donors (Lipinski definition) is 0. The summed E-state index contributed by atoms with van der Waals surface area (Å²) in [4.78, 5) is 24.7. The van der Waals surface area contributed by atoms with Gasteiger partial charge in [-0.2, -0.15) is 13.5 Å². The molecule has 33 heavy (non-hydrogen) atoms. The first-order valence-corrected chi connectivity index (χ1v) is 12.3. The molecule has 0 radical (unpaired) electrons. The molecule has 0 N–H and O–H groups in total. The van der Waals surface area contributed by atoms with Crippen molar-refractivity contribution in [3.8, 4) is 5.88 Å². The SMILES string of the molecule is CCCS(=O)(=O)Oc1c(C(=O)c2ccc([N+](=O)[O-])c(C(C)=C(C)C)c2C)cnn1CC(C)C. The van der Waals surface area contributed by atoms with E-state index in [1.165, 1.54) is 23.0 Å². The van der Waals surface area contributed by atoms with Gasteiger partial charge in [-0.3, -0.25) is 14.9 Å². The van der Waals surface area contributed by atoms with Gasteiger partial charge in [-0.1, -0.05) is 26.3 Å². The van der Waals surface area contributed by atoms with Crippen molar-refractivity contribution in [2.75, 3.05) is 5.75 Å². The van der Waals surface area contributed by atoms with E-state index in [4.69, 9.17) is 4.18 Å². The molecule has 0 saturated heterocycles. The van der Waals surface area contributed by atoms with Gasteiger partial charge in [0, 0.05) is 18.2 Å². The minimum absolute atomic E-state index is 0.00640. The van der Waals surface area contributed by atoms with Gasteiger partial charge in [-0.05, 0) is 57.2 Å². The molecule has 1 aromatic heterocycles. The first-order valence-electron chi connectivity index (χ1n) is 10.8. The van der Waals surface area contributed by atoms with E-state index in [1.807, 2.05) is 27.7 Å². The topological polar surface area (TPSA) is 121 Å². The summed E-state index contributed by atoms with van der Waals surface area (Å²) in [6, 6.07) is 2.69. The second kappa shape index (κ2) is 10.3. The Bertz CT molecular complexity index is 1210. The monoisotopic (exact) mass is 477 g/mol. The van der Waals surface area contributed by atoms with E-state index in [1.54, 1.807) is 20.8 Å². The molecule has 0 aliphatic rings. The number of ketones is 1. The van der Waals surface area contributed by atoms with Gasteiger partial charge in [0.25, 0.3) is 5.69 Å². The van der Waals surface area contributed by atoms with E-state index in [-0.39, 0.29) is 34.4 Å². The molecule has 1 aromatic carbocycles. The summed E-state index contributed by atoms with van der Waals surface area (Å²) in [5.41, 5.74) is 2.51. The van der Waals surface area contributed by atoms with E-state index in [0.717, 1.165) is 5.57 Å². The predicted octanol–water partition coefficient (Wildman–Crippen LogP) is 4.92. The van der Waals surface area contributed by atoms with Gasteiger partial charge in [0.1, 0.15) is 5.56 Å². The van der Waals surface area contributed by atoms with Crippen molar-refractivity contribution >= 4 is 27.2 Å². The number of benzene rings is 1. The van der Waals surface area contributed by atoms with Gasteiger partial charge in [0.15, 0.2) is 5.78 Å². The third-order valence-corrected chi connectivity index (χ3v) is 6.56. The summed E-state index contributed by atoms with van der Waals surface area (Å²) in [6.07, 6.45) is 1.65. The summed E-state index contributed by atoms with van der Waals surface area (Å²) in [5.74, 6) is -0.729. The molecule has 0 aliphatic carbocycles. The molecule has 0 spiro atoms. The van der Waals surface area contributed by atoms with E-state index in [0.29, 0.717) is 29.7 Å². The molecule has 180 valence electrons. The minimum atomic E-state index is -3.92. The first-order chi connectivity index (χ1) is 15.3. The molecule has 0 atom stereocenters. The number of aromatic nitrogens is 2. The predicted molar refractivity (Wildman–Crippen MR) is 127 cm³/mol. The molecule has 0 saturated carbocycles. The van der Waals surface area contributed by atoms with E-state index >= 15 is 0 Å². The maximum Gasteiger partial charge on any atom is 0.310 e. The Balaban J connectivity index is 2.71. The van der Waals surface area contributed by atoms with Crippen LogP contribution in [-0.4, -0.2) is 34.7 Å². The van der Waals surface area contributed by atoms with Crippen molar-refractivity contribution in [3.05, 3.63) is 56.3 Å². The largest absolute Gasteiger partial charge is 0.361 e. The van der Waals surface area contributed by atoms with Gasteiger partial charge >= 0.3 is 10.1 Å². The number of carbonyl (C=O) groups is 1. The van der Waals surface area contributed by atoms with Crippen molar-refractivity contribution in [3.63, 3.8) is 0 Å². The minimum Gasteiger partial charge on any atom is -0.361 e. The molecule has 0 amide bonds. The maximum atomic E-state index is 13.5. The molecule has 0 bridgehead atoms. The second-order valence-corrected chi connectivity index (χ2v) is 10.3. The first kappa shape index (κ1) is 26.2. The lowest BCUT2D eigenvalue weighted by Gasteiger charge is -2.15. The molecule has 0 unspecified atom stereocenters. The summed E-state index contributed by atoms with van der Waals surface area (Å²) in [7, 11) is -3.92. The molecule has 2 rings (SSSR count). The smallest absolute Gasteiger partial charge is 0.310 e. The summed E-state index contributed by atoms with van der Waals surface area (Å²) in [6.45, 7) is 13.0. The standard InChI is InChI=1S/C23H31N3O6S/c1-8-11-33(30,31)32-23-19(12-24-25(23)13-14(2)3)22(27)18-9-10-20(26(28)29)21(17(18)7)16(6)15(4)5/h9-10,12,14H,8,11,13H2,1-7H3. The molecule has 0 fully saturated rings. The Kier molecular flexibility index (Phi) is 8.18. The Morgan fingerprint density at radius 2 is 1.85 bits per heavy atom. The van der Waals surface area contributed by atoms with Gasteiger partial charge < -0.3 is 4.18 Å². The number of rotatable bonds is 10. The van der Waals surface area contributed by atoms with Crippen molar-refractivity contribution in [2.24, 2.45) is 5.92 Å². The lowest BCUT2D eigenvalue weighted by molar-refractivity contribution is -0.385.